The minimum absolute atomic E-state index is 0.0860. The van der Waals surface area contributed by atoms with Gasteiger partial charge in [0.15, 0.2) is 0 Å². The Morgan fingerprint density at radius 2 is 1.83 bits per heavy atom. The third-order valence-electron chi connectivity index (χ3n) is 4.50. The molecular formula is C19H18F3N3O4S. The van der Waals surface area contributed by atoms with Crippen LogP contribution in [0, 0.1) is 0 Å². The highest BCUT2D eigenvalue weighted by Gasteiger charge is 2.29. The molecule has 11 heteroatoms. The van der Waals surface area contributed by atoms with Gasteiger partial charge in [-0.2, -0.15) is 13.2 Å². The highest BCUT2D eigenvalue weighted by molar-refractivity contribution is 7.92. The van der Waals surface area contributed by atoms with Crippen molar-refractivity contribution < 1.29 is 31.2 Å². The van der Waals surface area contributed by atoms with Gasteiger partial charge in [0, 0.05) is 19.2 Å². The summed E-state index contributed by atoms with van der Waals surface area (Å²) in [5.74, 6) is -1.21. The summed E-state index contributed by atoms with van der Waals surface area (Å²) in [4.78, 5) is 25.2. The molecule has 0 aromatic heterocycles. The van der Waals surface area contributed by atoms with Crippen LogP contribution in [0.1, 0.15) is 22.8 Å². The van der Waals surface area contributed by atoms with Crippen molar-refractivity contribution in [3.63, 3.8) is 0 Å². The van der Waals surface area contributed by atoms with Crippen LogP contribution in [0.2, 0.25) is 0 Å². The van der Waals surface area contributed by atoms with Gasteiger partial charge in [-0.15, -0.1) is 0 Å². The van der Waals surface area contributed by atoms with Crippen LogP contribution in [0.5, 0.6) is 0 Å². The topological polar surface area (TPSA) is 95.6 Å². The van der Waals surface area contributed by atoms with E-state index in [2.05, 4.69) is 4.72 Å². The first-order chi connectivity index (χ1) is 14.0. The molecular weight excluding hydrogens is 423 g/mol. The summed E-state index contributed by atoms with van der Waals surface area (Å²) < 4.78 is 64.9. The zero-order valence-corrected chi connectivity index (χ0v) is 16.6. The number of carbonyl (C=O) groups is 2. The zero-order chi connectivity index (χ0) is 22.1. The SMILES string of the molecule is CC(=O)N1CCc2cc(S(=O)(=O)Nc3ccccc3C(=O)NCC(F)(F)F)ccc21. The third kappa shape index (κ3) is 4.73. The van der Waals surface area contributed by atoms with Crippen LogP contribution in [0.3, 0.4) is 0 Å². The van der Waals surface area contributed by atoms with Gasteiger partial charge in [0.25, 0.3) is 15.9 Å². The molecule has 0 saturated carbocycles. The van der Waals surface area contributed by atoms with Gasteiger partial charge in [0.05, 0.1) is 16.1 Å². The van der Waals surface area contributed by atoms with Crippen molar-refractivity contribution in [2.24, 2.45) is 0 Å². The van der Waals surface area contributed by atoms with Crippen LogP contribution in [-0.2, 0) is 21.2 Å². The van der Waals surface area contributed by atoms with E-state index in [1.807, 2.05) is 0 Å². The van der Waals surface area contributed by atoms with E-state index in [1.165, 1.54) is 49.4 Å². The maximum atomic E-state index is 12.8. The molecule has 0 spiro atoms. The Morgan fingerprint density at radius 3 is 2.50 bits per heavy atom. The van der Waals surface area contributed by atoms with Crippen molar-refractivity contribution in [3.8, 4) is 0 Å². The van der Waals surface area contributed by atoms with Crippen LogP contribution < -0.4 is 14.9 Å². The molecule has 0 fully saturated rings. The number of anilines is 2. The van der Waals surface area contributed by atoms with Gasteiger partial charge in [-0.1, -0.05) is 12.1 Å². The van der Waals surface area contributed by atoms with Crippen molar-refractivity contribution in [3.05, 3.63) is 53.6 Å². The van der Waals surface area contributed by atoms with Gasteiger partial charge in [0.2, 0.25) is 5.91 Å². The lowest BCUT2D eigenvalue weighted by atomic mass is 10.1. The number of halogens is 3. The van der Waals surface area contributed by atoms with Gasteiger partial charge in [-0.05, 0) is 42.3 Å². The fraction of sp³-hybridized carbons (Fsp3) is 0.263. The number of para-hydroxylation sites is 1. The molecule has 2 amide bonds. The van der Waals surface area contributed by atoms with E-state index in [0.29, 0.717) is 24.2 Å². The fourth-order valence-electron chi connectivity index (χ4n) is 3.12. The van der Waals surface area contributed by atoms with E-state index in [9.17, 15) is 31.2 Å². The second-order valence-corrected chi connectivity index (χ2v) is 8.34. The van der Waals surface area contributed by atoms with Crippen LogP contribution >= 0.6 is 0 Å². The Labute approximate surface area is 170 Å². The Morgan fingerprint density at radius 1 is 1.13 bits per heavy atom. The number of nitrogens with one attached hydrogen (secondary N) is 2. The zero-order valence-electron chi connectivity index (χ0n) is 15.8. The summed E-state index contributed by atoms with van der Waals surface area (Å²) in [5, 5.41) is 1.72. The lowest BCUT2D eigenvalue weighted by molar-refractivity contribution is -0.123. The quantitative estimate of drug-likeness (QED) is 0.746. The Bertz CT molecular complexity index is 1100. The molecule has 7 nitrogen and oxygen atoms in total. The average Bonchev–Trinajstić information content (AvgIpc) is 3.09. The van der Waals surface area contributed by atoms with Crippen molar-refractivity contribution >= 4 is 33.2 Å². The first-order valence-electron chi connectivity index (χ1n) is 8.86. The normalized spacial score (nSPS) is 13.7. The molecule has 30 heavy (non-hydrogen) atoms. The summed E-state index contributed by atoms with van der Waals surface area (Å²) in [5.41, 5.74) is 0.926. The molecule has 0 aliphatic carbocycles. The standard InChI is InChI=1S/C19H18F3N3O4S/c1-12(26)25-9-8-13-10-14(6-7-17(13)25)30(28,29)24-16-5-3-2-4-15(16)18(27)23-11-19(20,21)22/h2-7,10,24H,8-9,11H2,1H3,(H,23,27). The lowest BCUT2D eigenvalue weighted by Crippen LogP contribution is -2.34. The molecule has 1 aliphatic heterocycles. The second-order valence-electron chi connectivity index (χ2n) is 6.66. The third-order valence-corrected chi connectivity index (χ3v) is 5.87. The molecule has 2 N–H and O–H groups in total. The highest BCUT2D eigenvalue weighted by Crippen LogP contribution is 2.31. The van der Waals surface area contributed by atoms with Crippen molar-refractivity contribution in [1.29, 1.82) is 0 Å². The van der Waals surface area contributed by atoms with E-state index < -0.39 is 28.7 Å². The summed E-state index contributed by atoms with van der Waals surface area (Å²) >= 11 is 0. The monoisotopic (exact) mass is 441 g/mol. The Kier molecular flexibility index (Phi) is 5.75. The minimum Gasteiger partial charge on any atom is -0.343 e. The van der Waals surface area contributed by atoms with Crippen LogP contribution in [0.25, 0.3) is 0 Å². The number of hydrogen-bond acceptors (Lipinski definition) is 4. The number of hydrogen-bond donors (Lipinski definition) is 2. The summed E-state index contributed by atoms with van der Waals surface area (Å²) in [7, 11) is -4.13. The maximum Gasteiger partial charge on any atom is 0.405 e. The molecule has 0 unspecified atom stereocenters. The first-order valence-corrected chi connectivity index (χ1v) is 10.3. The maximum absolute atomic E-state index is 12.8. The lowest BCUT2D eigenvalue weighted by Gasteiger charge is -2.16. The van der Waals surface area contributed by atoms with Gasteiger partial charge >= 0.3 is 6.18 Å². The smallest absolute Gasteiger partial charge is 0.343 e. The molecule has 0 bridgehead atoms. The predicted octanol–water partition coefficient (Wildman–Crippen LogP) is 2.69. The predicted molar refractivity (Wildman–Crippen MR) is 104 cm³/mol. The number of benzene rings is 2. The number of fused-ring (bicyclic) bond motifs is 1. The minimum atomic E-state index is -4.59. The largest absolute Gasteiger partial charge is 0.405 e. The fourth-order valence-corrected chi connectivity index (χ4v) is 4.25. The molecule has 2 aromatic rings. The highest BCUT2D eigenvalue weighted by atomic mass is 32.2. The van der Waals surface area contributed by atoms with E-state index in [0.717, 1.165) is 0 Å². The van der Waals surface area contributed by atoms with E-state index in [4.69, 9.17) is 0 Å². The molecule has 3 rings (SSSR count). The van der Waals surface area contributed by atoms with E-state index in [1.54, 1.807) is 10.2 Å². The number of rotatable bonds is 5. The number of alkyl halides is 3. The van der Waals surface area contributed by atoms with Gasteiger partial charge in [0.1, 0.15) is 6.54 Å². The van der Waals surface area contributed by atoms with E-state index >= 15 is 0 Å². The van der Waals surface area contributed by atoms with Crippen molar-refractivity contribution in [1.82, 2.24) is 5.32 Å². The van der Waals surface area contributed by atoms with E-state index in [-0.39, 0.29) is 22.1 Å². The van der Waals surface area contributed by atoms with Crippen LogP contribution in [0.15, 0.2) is 47.4 Å². The van der Waals surface area contributed by atoms with Crippen LogP contribution in [-0.4, -0.2) is 39.5 Å². The summed E-state index contributed by atoms with van der Waals surface area (Å²) in [6.45, 7) is 0.330. The Hall–Kier alpha value is -3.08. The molecule has 0 radical (unpaired) electrons. The number of sulfonamides is 1. The second kappa shape index (κ2) is 7.98. The van der Waals surface area contributed by atoms with Crippen LogP contribution in [0.4, 0.5) is 24.5 Å². The summed E-state index contributed by atoms with van der Waals surface area (Å²) in [6, 6.07) is 9.65. The average molecular weight is 441 g/mol. The number of nitrogens with zero attached hydrogens (tertiary/aromatic N) is 1. The molecule has 1 aliphatic rings. The number of amides is 2. The molecule has 0 saturated heterocycles. The first kappa shape index (κ1) is 21.6. The number of carbonyl (C=O) groups excluding carboxylic acids is 2. The van der Waals surface area contributed by atoms with Gasteiger partial charge < -0.3 is 10.2 Å². The Balaban J connectivity index is 1.85. The van der Waals surface area contributed by atoms with Gasteiger partial charge in [-0.25, -0.2) is 8.42 Å². The molecule has 0 atom stereocenters. The molecule has 160 valence electrons. The van der Waals surface area contributed by atoms with Crippen molar-refractivity contribution in [2.45, 2.75) is 24.4 Å². The summed E-state index contributed by atoms with van der Waals surface area (Å²) in [6.07, 6.45) is -4.10. The van der Waals surface area contributed by atoms with Gasteiger partial charge in [-0.3, -0.25) is 14.3 Å². The molecule has 2 aromatic carbocycles. The molecule has 1 heterocycles. The van der Waals surface area contributed by atoms with Crippen molar-refractivity contribution in [2.75, 3.05) is 22.7 Å².